The van der Waals surface area contributed by atoms with E-state index in [-0.39, 0.29) is 26.9 Å². The van der Waals surface area contributed by atoms with Crippen molar-refractivity contribution < 1.29 is 0 Å². The number of hydrogen-bond donors (Lipinski definition) is 2. The molecule has 138 valence electrons. The lowest BCUT2D eigenvalue weighted by atomic mass is 9.79. The standard InChI is InChI=1S/C13H28N2.C3Cl3N3/c1-6-7-8-14-11-9-12(2,3)15-13(4,5)10-11;4-1-7-2(5)9-3(6)8-1/h11,14-15H,6-10H2,1-5H3;. The topological polar surface area (TPSA) is 62.7 Å². The number of halogens is 3. The Hall–Kier alpha value is -0.200. The molecule has 5 nitrogen and oxygen atoms in total. The van der Waals surface area contributed by atoms with Crippen molar-refractivity contribution in [2.24, 2.45) is 0 Å². The summed E-state index contributed by atoms with van der Waals surface area (Å²) in [5.74, 6) is 0. The second-order valence-electron chi connectivity index (χ2n) is 7.45. The van der Waals surface area contributed by atoms with Gasteiger partial charge < -0.3 is 10.6 Å². The molecule has 2 rings (SSSR count). The Morgan fingerprint density at radius 1 is 0.958 bits per heavy atom. The Labute approximate surface area is 160 Å². The van der Waals surface area contributed by atoms with Crippen LogP contribution >= 0.6 is 34.8 Å². The lowest BCUT2D eigenvalue weighted by Gasteiger charge is -2.46. The second-order valence-corrected chi connectivity index (χ2v) is 8.46. The van der Waals surface area contributed by atoms with Crippen LogP contribution in [0.5, 0.6) is 0 Å². The molecule has 0 saturated carbocycles. The normalized spacial score (nSPS) is 19.5. The second kappa shape index (κ2) is 9.48. The van der Waals surface area contributed by atoms with Gasteiger partial charge in [0.2, 0.25) is 15.9 Å². The van der Waals surface area contributed by atoms with Gasteiger partial charge >= 0.3 is 0 Å². The Morgan fingerprint density at radius 2 is 1.38 bits per heavy atom. The molecule has 1 saturated heterocycles. The monoisotopic (exact) mass is 395 g/mol. The van der Waals surface area contributed by atoms with E-state index in [1.54, 1.807) is 0 Å². The number of piperidine rings is 1. The van der Waals surface area contributed by atoms with E-state index in [1.165, 1.54) is 32.2 Å². The maximum atomic E-state index is 5.32. The first-order valence-corrected chi connectivity index (χ1v) is 9.42. The van der Waals surface area contributed by atoms with Gasteiger partial charge in [-0.3, -0.25) is 0 Å². The van der Waals surface area contributed by atoms with Gasteiger partial charge in [0.05, 0.1) is 0 Å². The fourth-order valence-electron chi connectivity index (χ4n) is 3.25. The summed E-state index contributed by atoms with van der Waals surface area (Å²) in [5, 5.41) is 7.41. The Kier molecular flexibility index (Phi) is 8.63. The molecule has 1 aromatic rings. The molecule has 0 aromatic carbocycles. The molecule has 0 unspecified atom stereocenters. The lowest BCUT2D eigenvalue weighted by Crippen LogP contribution is -2.61. The molecule has 0 atom stereocenters. The quantitative estimate of drug-likeness (QED) is 0.733. The molecular formula is C16H28Cl3N5. The van der Waals surface area contributed by atoms with E-state index in [2.05, 4.69) is 60.2 Å². The first kappa shape index (κ1) is 21.8. The van der Waals surface area contributed by atoms with Crippen molar-refractivity contribution in [2.45, 2.75) is 77.4 Å². The van der Waals surface area contributed by atoms with Crippen LogP contribution in [0, 0.1) is 0 Å². The smallest absolute Gasteiger partial charge is 0.227 e. The van der Waals surface area contributed by atoms with E-state index in [9.17, 15) is 0 Å². The fourth-order valence-corrected chi connectivity index (χ4v) is 3.86. The molecular weight excluding hydrogens is 369 g/mol. The zero-order valence-electron chi connectivity index (χ0n) is 15.1. The molecule has 1 aliphatic heterocycles. The van der Waals surface area contributed by atoms with Gasteiger partial charge in [0.25, 0.3) is 0 Å². The first-order valence-electron chi connectivity index (χ1n) is 8.28. The maximum absolute atomic E-state index is 5.32. The lowest BCUT2D eigenvalue weighted by molar-refractivity contribution is 0.146. The minimum Gasteiger partial charge on any atom is -0.314 e. The Morgan fingerprint density at radius 3 is 1.75 bits per heavy atom. The highest BCUT2D eigenvalue weighted by atomic mass is 35.5. The summed E-state index contributed by atoms with van der Waals surface area (Å²) in [6.45, 7) is 12.7. The van der Waals surface area contributed by atoms with E-state index in [4.69, 9.17) is 34.8 Å². The third kappa shape index (κ3) is 8.77. The zero-order valence-corrected chi connectivity index (χ0v) is 17.4. The van der Waals surface area contributed by atoms with Gasteiger partial charge in [0.15, 0.2) is 0 Å². The molecule has 2 N–H and O–H groups in total. The average Bonchev–Trinajstić information content (AvgIpc) is 2.34. The highest BCUT2D eigenvalue weighted by molar-refractivity contribution is 6.33. The van der Waals surface area contributed by atoms with Crippen LogP contribution in [0.1, 0.15) is 60.3 Å². The van der Waals surface area contributed by atoms with Gasteiger partial charge in [-0.2, -0.15) is 15.0 Å². The third-order valence-electron chi connectivity index (χ3n) is 3.71. The SMILES string of the molecule is CCCCNC1CC(C)(C)NC(C)(C)C1.Clc1nc(Cl)nc(Cl)n1. The zero-order chi connectivity index (χ0) is 18.4. The van der Waals surface area contributed by atoms with E-state index in [0.29, 0.717) is 6.04 Å². The van der Waals surface area contributed by atoms with Gasteiger partial charge in [-0.05, 0) is 88.3 Å². The van der Waals surface area contributed by atoms with Crippen LogP contribution < -0.4 is 10.6 Å². The molecule has 0 spiro atoms. The third-order valence-corrected chi connectivity index (χ3v) is 4.21. The summed E-state index contributed by atoms with van der Waals surface area (Å²) in [6, 6.07) is 0.683. The van der Waals surface area contributed by atoms with Gasteiger partial charge in [-0.1, -0.05) is 13.3 Å². The van der Waals surface area contributed by atoms with Gasteiger partial charge in [0.1, 0.15) is 0 Å². The summed E-state index contributed by atoms with van der Waals surface area (Å²) in [4.78, 5) is 10.4. The van der Waals surface area contributed by atoms with E-state index >= 15 is 0 Å². The van der Waals surface area contributed by atoms with E-state index in [1.807, 2.05) is 0 Å². The maximum Gasteiger partial charge on any atom is 0.227 e. The molecule has 0 aliphatic carbocycles. The van der Waals surface area contributed by atoms with Crippen LogP contribution in [0.2, 0.25) is 15.9 Å². The molecule has 24 heavy (non-hydrogen) atoms. The first-order chi connectivity index (χ1) is 11.0. The number of rotatable bonds is 4. The molecule has 2 heterocycles. The van der Waals surface area contributed by atoms with E-state index in [0.717, 1.165) is 0 Å². The summed E-state index contributed by atoms with van der Waals surface area (Å²) in [7, 11) is 0. The highest BCUT2D eigenvalue weighted by Gasteiger charge is 2.37. The van der Waals surface area contributed by atoms with Crippen molar-refractivity contribution in [2.75, 3.05) is 6.54 Å². The highest BCUT2D eigenvalue weighted by Crippen LogP contribution is 2.28. The molecule has 0 bridgehead atoms. The summed E-state index contributed by atoms with van der Waals surface area (Å²) in [6.07, 6.45) is 5.05. The molecule has 0 radical (unpaired) electrons. The number of aromatic nitrogens is 3. The van der Waals surface area contributed by atoms with Crippen molar-refractivity contribution in [1.82, 2.24) is 25.6 Å². The van der Waals surface area contributed by atoms with E-state index < -0.39 is 0 Å². The predicted molar refractivity (Wildman–Crippen MR) is 102 cm³/mol. The summed E-state index contributed by atoms with van der Waals surface area (Å²) < 4.78 is 0. The van der Waals surface area contributed by atoms with Crippen molar-refractivity contribution in [3.05, 3.63) is 15.9 Å². The van der Waals surface area contributed by atoms with Gasteiger partial charge in [-0.25, -0.2) is 0 Å². The largest absolute Gasteiger partial charge is 0.314 e. The van der Waals surface area contributed by atoms with Crippen LogP contribution in [0.3, 0.4) is 0 Å². The van der Waals surface area contributed by atoms with Crippen molar-refractivity contribution >= 4 is 34.8 Å². The number of unbranched alkanes of at least 4 members (excludes halogenated alkanes) is 1. The van der Waals surface area contributed by atoms with Crippen molar-refractivity contribution in [1.29, 1.82) is 0 Å². The molecule has 1 aliphatic rings. The van der Waals surface area contributed by atoms with Crippen LogP contribution in [0.15, 0.2) is 0 Å². The summed E-state index contributed by atoms with van der Waals surface area (Å²) in [5.41, 5.74) is 0.539. The Bertz CT molecular complexity index is 456. The molecule has 0 amide bonds. The van der Waals surface area contributed by atoms with Crippen molar-refractivity contribution in [3.8, 4) is 0 Å². The number of hydrogen-bond acceptors (Lipinski definition) is 5. The molecule has 8 heteroatoms. The van der Waals surface area contributed by atoms with Crippen LogP contribution in [0.4, 0.5) is 0 Å². The van der Waals surface area contributed by atoms with Crippen LogP contribution in [-0.2, 0) is 0 Å². The van der Waals surface area contributed by atoms with Gasteiger partial charge in [-0.15, -0.1) is 0 Å². The predicted octanol–water partition coefficient (Wildman–Crippen LogP) is 4.52. The van der Waals surface area contributed by atoms with Gasteiger partial charge in [0, 0.05) is 17.1 Å². The molecule has 1 aromatic heterocycles. The average molecular weight is 397 g/mol. The molecule has 1 fully saturated rings. The van der Waals surface area contributed by atoms with Crippen molar-refractivity contribution in [3.63, 3.8) is 0 Å². The Balaban J connectivity index is 0.000000272. The van der Waals surface area contributed by atoms with Crippen LogP contribution in [0.25, 0.3) is 0 Å². The fraction of sp³-hybridized carbons (Fsp3) is 0.812. The minimum atomic E-state index is 0.000000000000000444. The number of nitrogens with one attached hydrogen (secondary N) is 2. The minimum absolute atomic E-state index is 0.000000000000000444. The van der Waals surface area contributed by atoms with Crippen LogP contribution in [-0.4, -0.2) is 38.6 Å². The number of nitrogens with zero attached hydrogens (tertiary/aromatic N) is 3. The summed E-state index contributed by atoms with van der Waals surface area (Å²) >= 11 is 16.0.